The van der Waals surface area contributed by atoms with Crippen LogP contribution in [0.3, 0.4) is 0 Å². The van der Waals surface area contributed by atoms with E-state index < -0.39 is 5.25 Å². The van der Waals surface area contributed by atoms with Gasteiger partial charge in [-0.15, -0.1) is 11.8 Å². The van der Waals surface area contributed by atoms with Crippen molar-refractivity contribution in [2.45, 2.75) is 36.8 Å². The lowest BCUT2D eigenvalue weighted by Crippen LogP contribution is -2.19. The molecule has 2 amide bonds. The molecule has 204 valence electrons. The lowest BCUT2D eigenvalue weighted by atomic mass is 10.1. The minimum absolute atomic E-state index is 0.166. The maximum absolute atomic E-state index is 13.4. The van der Waals surface area contributed by atoms with Crippen molar-refractivity contribution in [1.82, 2.24) is 0 Å². The summed E-state index contributed by atoms with van der Waals surface area (Å²) < 4.78 is 5.26. The molecular weight excluding hydrogens is 520 g/mol. The van der Waals surface area contributed by atoms with Crippen LogP contribution in [0.25, 0.3) is 0 Å². The largest absolute Gasteiger partial charge is 0.462 e. The number of anilines is 2. The first-order valence-corrected chi connectivity index (χ1v) is 14.1. The van der Waals surface area contributed by atoms with Crippen LogP contribution < -0.4 is 10.6 Å². The van der Waals surface area contributed by atoms with Gasteiger partial charge in [-0.1, -0.05) is 61.9 Å². The summed E-state index contributed by atoms with van der Waals surface area (Å²) in [6, 6.07) is 31.1. The molecule has 7 heteroatoms. The summed E-state index contributed by atoms with van der Waals surface area (Å²) in [4.78, 5) is 39.2. The molecule has 0 saturated carbocycles. The molecule has 0 fully saturated rings. The first kappa shape index (κ1) is 28.6. The van der Waals surface area contributed by atoms with E-state index in [0.29, 0.717) is 29.1 Å². The Labute approximate surface area is 239 Å². The van der Waals surface area contributed by atoms with Crippen LogP contribution in [-0.2, 0) is 9.53 Å². The lowest BCUT2D eigenvalue weighted by Gasteiger charge is -2.17. The maximum atomic E-state index is 13.4. The minimum Gasteiger partial charge on any atom is -0.462 e. The third kappa shape index (κ3) is 7.83. The Morgan fingerprint density at radius 2 is 1.40 bits per heavy atom. The number of benzene rings is 4. The van der Waals surface area contributed by atoms with Gasteiger partial charge in [-0.3, -0.25) is 9.59 Å². The van der Waals surface area contributed by atoms with Gasteiger partial charge < -0.3 is 15.4 Å². The highest BCUT2D eigenvalue weighted by atomic mass is 32.2. The standard InChI is InChI=1S/C33H32N2O4S/c1-3-4-22-39-33(38)25-14-16-26(17-15-25)35-32(37)30(24-11-6-5-7-12-24)40-28-20-18-27(19-21-28)34-31(36)29-13-9-8-10-23(29)2/h5-21,30H,3-4,22H2,1-2H3,(H,34,36)(H,35,37). The Kier molecular flexibility index (Phi) is 10.1. The van der Waals surface area contributed by atoms with E-state index in [4.69, 9.17) is 4.74 Å². The molecule has 0 heterocycles. The molecule has 6 nitrogen and oxygen atoms in total. The van der Waals surface area contributed by atoms with Crippen LogP contribution in [0.15, 0.2) is 108 Å². The summed E-state index contributed by atoms with van der Waals surface area (Å²) in [5, 5.41) is 5.38. The molecule has 0 aliphatic heterocycles. The average Bonchev–Trinajstić information content (AvgIpc) is 2.97. The number of nitrogens with one attached hydrogen (secondary N) is 2. The van der Waals surface area contributed by atoms with Gasteiger partial charge >= 0.3 is 5.97 Å². The normalized spacial score (nSPS) is 11.3. The van der Waals surface area contributed by atoms with Gasteiger partial charge in [0.05, 0.1) is 12.2 Å². The fourth-order valence-corrected chi connectivity index (χ4v) is 4.99. The monoisotopic (exact) mass is 552 g/mol. The summed E-state index contributed by atoms with van der Waals surface area (Å²) in [6.07, 6.45) is 1.77. The van der Waals surface area contributed by atoms with Gasteiger partial charge in [0.1, 0.15) is 5.25 Å². The fraction of sp³-hybridized carbons (Fsp3) is 0.182. The second-order valence-corrected chi connectivity index (χ2v) is 10.4. The van der Waals surface area contributed by atoms with E-state index in [9.17, 15) is 14.4 Å². The molecule has 0 spiro atoms. The number of rotatable bonds is 11. The molecule has 4 aromatic carbocycles. The molecule has 4 aromatic rings. The van der Waals surface area contributed by atoms with Crippen LogP contribution in [0.1, 0.15) is 56.9 Å². The third-order valence-corrected chi connectivity index (χ3v) is 7.48. The number of unbranched alkanes of at least 4 members (excludes halogenated alkanes) is 1. The number of hydrogen-bond acceptors (Lipinski definition) is 5. The van der Waals surface area contributed by atoms with Crippen LogP contribution >= 0.6 is 11.8 Å². The molecule has 40 heavy (non-hydrogen) atoms. The molecule has 0 saturated heterocycles. The Bertz CT molecular complexity index is 1440. The fourth-order valence-electron chi connectivity index (χ4n) is 3.97. The quantitative estimate of drug-likeness (QED) is 0.113. The number of carbonyl (C=O) groups excluding carboxylic acids is 3. The maximum Gasteiger partial charge on any atom is 0.338 e. The van der Waals surface area contributed by atoms with Crippen LogP contribution in [0, 0.1) is 6.92 Å². The first-order valence-electron chi connectivity index (χ1n) is 13.2. The SMILES string of the molecule is CCCCOC(=O)c1ccc(NC(=O)C(Sc2ccc(NC(=O)c3ccccc3C)cc2)c2ccccc2)cc1. The zero-order valence-corrected chi connectivity index (χ0v) is 23.4. The second kappa shape index (κ2) is 14.1. The van der Waals surface area contributed by atoms with E-state index >= 15 is 0 Å². The van der Waals surface area contributed by atoms with Gasteiger partial charge in [-0.2, -0.15) is 0 Å². The molecule has 0 aliphatic rings. The van der Waals surface area contributed by atoms with Gasteiger partial charge in [-0.25, -0.2) is 4.79 Å². The Hall–Kier alpha value is -4.36. The number of ether oxygens (including phenoxy) is 1. The highest BCUT2D eigenvalue weighted by Crippen LogP contribution is 2.36. The molecule has 0 aromatic heterocycles. The highest BCUT2D eigenvalue weighted by Gasteiger charge is 2.22. The number of carbonyl (C=O) groups is 3. The number of aryl methyl sites for hydroxylation is 1. The van der Waals surface area contributed by atoms with Crippen LogP contribution in [0.4, 0.5) is 11.4 Å². The van der Waals surface area contributed by atoms with E-state index in [0.717, 1.165) is 28.9 Å². The molecule has 1 unspecified atom stereocenters. The number of hydrogen-bond donors (Lipinski definition) is 2. The second-order valence-electron chi connectivity index (χ2n) is 9.26. The summed E-state index contributed by atoms with van der Waals surface area (Å²) in [6.45, 7) is 4.33. The van der Waals surface area contributed by atoms with Crippen molar-refractivity contribution in [2.24, 2.45) is 0 Å². The average molecular weight is 553 g/mol. The smallest absolute Gasteiger partial charge is 0.338 e. The van der Waals surface area contributed by atoms with Gasteiger partial charge in [0.2, 0.25) is 5.91 Å². The number of amides is 2. The van der Waals surface area contributed by atoms with Gasteiger partial charge in [0.15, 0.2) is 0 Å². The minimum atomic E-state index is -0.521. The van der Waals surface area contributed by atoms with E-state index in [1.165, 1.54) is 11.8 Å². The molecule has 2 N–H and O–H groups in total. The molecule has 1 atom stereocenters. The zero-order valence-electron chi connectivity index (χ0n) is 22.6. The van der Waals surface area contributed by atoms with E-state index in [1.54, 1.807) is 30.3 Å². The van der Waals surface area contributed by atoms with Crippen molar-refractivity contribution in [3.63, 3.8) is 0 Å². The Morgan fingerprint density at radius 3 is 2.08 bits per heavy atom. The van der Waals surface area contributed by atoms with E-state index in [-0.39, 0.29) is 17.8 Å². The highest BCUT2D eigenvalue weighted by molar-refractivity contribution is 8.00. The topological polar surface area (TPSA) is 84.5 Å². The predicted molar refractivity (Wildman–Crippen MR) is 161 cm³/mol. The Morgan fingerprint density at radius 1 is 0.775 bits per heavy atom. The predicted octanol–water partition coefficient (Wildman–Crippen LogP) is 7.68. The summed E-state index contributed by atoms with van der Waals surface area (Å²) in [5.74, 6) is -0.728. The number of esters is 1. The molecule has 0 aliphatic carbocycles. The van der Waals surface area contributed by atoms with Crippen LogP contribution in [-0.4, -0.2) is 24.4 Å². The van der Waals surface area contributed by atoms with Crippen molar-refractivity contribution in [2.75, 3.05) is 17.2 Å². The van der Waals surface area contributed by atoms with E-state index in [2.05, 4.69) is 10.6 Å². The van der Waals surface area contributed by atoms with Crippen molar-refractivity contribution < 1.29 is 19.1 Å². The number of thioether (sulfide) groups is 1. The zero-order chi connectivity index (χ0) is 28.3. The van der Waals surface area contributed by atoms with Crippen molar-refractivity contribution in [3.8, 4) is 0 Å². The summed E-state index contributed by atoms with van der Waals surface area (Å²) in [5.41, 5.74) is 4.10. The molecular formula is C33H32N2O4S. The van der Waals surface area contributed by atoms with Crippen molar-refractivity contribution in [1.29, 1.82) is 0 Å². The third-order valence-electron chi connectivity index (χ3n) is 6.22. The molecule has 0 radical (unpaired) electrons. The Balaban J connectivity index is 1.43. The summed E-state index contributed by atoms with van der Waals surface area (Å²) >= 11 is 1.42. The first-order chi connectivity index (χ1) is 19.4. The lowest BCUT2D eigenvalue weighted by molar-refractivity contribution is -0.115. The summed E-state index contributed by atoms with van der Waals surface area (Å²) in [7, 11) is 0. The van der Waals surface area contributed by atoms with Crippen molar-refractivity contribution >= 4 is 40.9 Å². The van der Waals surface area contributed by atoms with Crippen molar-refractivity contribution in [3.05, 3.63) is 125 Å². The van der Waals surface area contributed by atoms with Gasteiger partial charge in [0, 0.05) is 21.8 Å². The van der Waals surface area contributed by atoms with Crippen LogP contribution in [0.2, 0.25) is 0 Å². The van der Waals surface area contributed by atoms with Gasteiger partial charge in [-0.05, 0) is 79.1 Å². The van der Waals surface area contributed by atoms with Gasteiger partial charge in [0.25, 0.3) is 5.91 Å². The molecule has 4 rings (SSSR count). The molecule has 0 bridgehead atoms. The van der Waals surface area contributed by atoms with Crippen LogP contribution in [0.5, 0.6) is 0 Å². The van der Waals surface area contributed by atoms with E-state index in [1.807, 2.05) is 86.6 Å².